The third-order valence-electron chi connectivity index (χ3n) is 2.63. The molecule has 0 saturated heterocycles. The molecule has 1 atom stereocenters. The Balaban J connectivity index is 4.03. The monoisotopic (exact) mass is 230 g/mol. The Morgan fingerprint density at radius 3 is 2.44 bits per heavy atom. The lowest BCUT2D eigenvalue weighted by molar-refractivity contribution is -0.125. The first-order valence-electron chi connectivity index (χ1n) is 5.51. The molecule has 0 aliphatic heterocycles. The molecular formula is C11H22N2O3. The maximum Gasteiger partial charge on any atom is 0.237 e. The van der Waals surface area contributed by atoms with E-state index in [0.29, 0.717) is 19.4 Å². The zero-order valence-corrected chi connectivity index (χ0v) is 10.2. The molecule has 5 heteroatoms. The minimum Gasteiger partial charge on any atom is -0.396 e. The summed E-state index contributed by atoms with van der Waals surface area (Å²) in [7, 11) is 0. The van der Waals surface area contributed by atoms with Crippen molar-refractivity contribution in [2.24, 2.45) is 11.1 Å². The summed E-state index contributed by atoms with van der Waals surface area (Å²) in [6.45, 7) is 5.36. The van der Waals surface area contributed by atoms with E-state index in [-0.39, 0.29) is 18.3 Å². The number of carbonyl (C=O) groups is 2. The quantitative estimate of drug-likeness (QED) is 0.565. The number of nitrogens with two attached hydrogens (primary N) is 1. The van der Waals surface area contributed by atoms with Crippen LogP contribution >= 0.6 is 0 Å². The highest BCUT2D eigenvalue weighted by Crippen LogP contribution is 2.17. The van der Waals surface area contributed by atoms with Crippen LogP contribution in [0.2, 0.25) is 0 Å². The van der Waals surface area contributed by atoms with Gasteiger partial charge < -0.3 is 16.2 Å². The van der Waals surface area contributed by atoms with Gasteiger partial charge in [0.1, 0.15) is 5.78 Å². The molecule has 0 saturated carbocycles. The van der Waals surface area contributed by atoms with Gasteiger partial charge in [0.25, 0.3) is 0 Å². The molecule has 94 valence electrons. The maximum absolute atomic E-state index is 11.6. The molecular weight excluding hydrogens is 208 g/mol. The predicted molar refractivity (Wildman–Crippen MR) is 61.8 cm³/mol. The molecule has 0 aromatic carbocycles. The van der Waals surface area contributed by atoms with Crippen molar-refractivity contribution in [3.05, 3.63) is 0 Å². The molecule has 1 amide bonds. The zero-order valence-electron chi connectivity index (χ0n) is 10.2. The van der Waals surface area contributed by atoms with Crippen molar-refractivity contribution in [2.45, 2.75) is 39.7 Å². The molecule has 4 N–H and O–H groups in total. The van der Waals surface area contributed by atoms with Crippen molar-refractivity contribution in [1.29, 1.82) is 0 Å². The summed E-state index contributed by atoms with van der Waals surface area (Å²) in [6.07, 6.45) is 0.804. The Hall–Kier alpha value is -0.940. The molecule has 0 rings (SSSR count). The standard InChI is InChI=1S/C11H22N2O3/c1-4-8(15)5-6-13-10(16)9(12)11(2,3)7-14/h9,14H,4-7,12H2,1-3H3,(H,13,16). The summed E-state index contributed by atoms with van der Waals surface area (Å²) in [4.78, 5) is 22.6. The first kappa shape index (κ1) is 15.1. The molecule has 5 nitrogen and oxygen atoms in total. The second kappa shape index (κ2) is 6.60. The lowest BCUT2D eigenvalue weighted by atomic mass is 9.85. The van der Waals surface area contributed by atoms with E-state index in [1.165, 1.54) is 0 Å². The minimum atomic E-state index is -0.769. The van der Waals surface area contributed by atoms with E-state index < -0.39 is 11.5 Å². The maximum atomic E-state index is 11.6. The Bertz CT molecular complexity index is 252. The van der Waals surface area contributed by atoms with E-state index in [2.05, 4.69) is 5.32 Å². The third kappa shape index (κ3) is 4.72. The Morgan fingerprint density at radius 1 is 1.44 bits per heavy atom. The van der Waals surface area contributed by atoms with Crippen LogP contribution < -0.4 is 11.1 Å². The van der Waals surface area contributed by atoms with E-state index in [1.54, 1.807) is 20.8 Å². The van der Waals surface area contributed by atoms with Crippen LogP contribution in [0.15, 0.2) is 0 Å². The molecule has 0 fully saturated rings. The second-order valence-electron chi connectivity index (χ2n) is 4.56. The van der Waals surface area contributed by atoms with E-state index in [4.69, 9.17) is 10.8 Å². The number of aliphatic hydroxyl groups is 1. The van der Waals surface area contributed by atoms with Crippen LogP contribution in [0, 0.1) is 5.41 Å². The SMILES string of the molecule is CCC(=O)CCNC(=O)C(N)C(C)(C)CO. The smallest absolute Gasteiger partial charge is 0.237 e. The van der Waals surface area contributed by atoms with Gasteiger partial charge in [-0.05, 0) is 0 Å². The van der Waals surface area contributed by atoms with Crippen molar-refractivity contribution in [2.75, 3.05) is 13.2 Å². The van der Waals surface area contributed by atoms with Gasteiger partial charge in [-0.1, -0.05) is 20.8 Å². The molecule has 0 spiro atoms. The fourth-order valence-corrected chi connectivity index (χ4v) is 1.07. The predicted octanol–water partition coefficient (Wildman–Crippen LogP) is -0.182. The normalized spacial score (nSPS) is 13.3. The highest BCUT2D eigenvalue weighted by molar-refractivity contribution is 5.83. The average Bonchev–Trinajstić information content (AvgIpc) is 2.27. The fourth-order valence-electron chi connectivity index (χ4n) is 1.07. The summed E-state index contributed by atoms with van der Waals surface area (Å²) < 4.78 is 0. The third-order valence-corrected chi connectivity index (χ3v) is 2.63. The van der Waals surface area contributed by atoms with Crippen LogP contribution in [-0.4, -0.2) is 36.0 Å². The number of Topliss-reactive ketones (excluding diaryl/α,β-unsaturated/α-hetero) is 1. The van der Waals surface area contributed by atoms with Crippen molar-refractivity contribution in [1.82, 2.24) is 5.32 Å². The molecule has 0 aromatic heterocycles. The number of rotatable bonds is 7. The lowest BCUT2D eigenvalue weighted by Crippen LogP contribution is -2.51. The first-order chi connectivity index (χ1) is 7.35. The van der Waals surface area contributed by atoms with Gasteiger partial charge in [-0.25, -0.2) is 0 Å². The number of hydrogen-bond acceptors (Lipinski definition) is 4. The molecule has 0 radical (unpaired) electrons. The van der Waals surface area contributed by atoms with Gasteiger partial charge in [-0.15, -0.1) is 0 Å². The molecule has 0 aromatic rings. The Morgan fingerprint density at radius 2 is 2.00 bits per heavy atom. The fraction of sp³-hybridized carbons (Fsp3) is 0.818. The molecule has 16 heavy (non-hydrogen) atoms. The largest absolute Gasteiger partial charge is 0.396 e. The molecule has 0 aliphatic carbocycles. The number of hydrogen-bond donors (Lipinski definition) is 3. The highest BCUT2D eigenvalue weighted by Gasteiger charge is 2.31. The summed E-state index contributed by atoms with van der Waals surface area (Å²) in [5, 5.41) is 11.6. The number of aliphatic hydroxyl groups excluding tert-OH is 1. The van der Waals surface area contributed by atoms with Crippen molar-refractivity contribution < 1.29 is 14.7 Å². The van der Waals surface area contributed by atoms with Gasteiger partial charge >= 0.3 is 0 Å². The van der Waals surface area contributed by atoms with Crippen LogP contribution in [0.3, 0.4) is 0 Å². The van der Waals surface area contributed by atoms with Crippen LogP contribution in [0.4, 0.5) is 0 Å². The summed E-state index contributed by atoms with van der Waals surface area (Å²) in [5.74, 6) is -0.224. The number of amides is 1. The number of carbonyl (C=O) groups excluding carboxylic acids is 2. The molecule has 0 aliphatic rings. The molecule has 0 bridgehead atoms. The summed E-state index contributed by atoms with van der Waals surface area (Å²) in [6, 6.07) is -0.769. The Labute approximate surface area is 96.4 Å². The lowest BCUT2D eigenvalue weighted by Gasteiger charge is -2.28. The topological polar surface area (TPSA) is 92.4 Å². The second-order valence-corrected chi connectivity index (χ2v) is 4.56. The van der Waals surface area contributed by atoms with Crippen LogP contribution in [0.1, 0.15) is 33.6 Å². The van der Waals surface area contributed by atoms with Crippen LogP contribution in [0.5, 0.6) is 0 Å². The summed E-state index contributed by atoms with van der Waals surface area (Å²) >= 11 is 0. The van der Waals surface area contributed by atoms with Crippen LogP contribution in [-0.2, 0) is 9.59 Å². The van der Waals surface area contributed by atoms with Gasteiger partial charge in [0.05, 0.1) is 12.6 Å². The minimum absolute atomic E-state index is 0.107. The Kier molecular flexibility index (Phi) is 6.21. The highest BCUT2D eigenvalue weighted by atomic mass is 16.3. The van der Waals surface area contributed by atoms with Gasteiger partial charge in [0.2, 0.25) is 5.91 Å². The molecule has 1 unspecified atom stereocenters. The average molecular weight is 230 g/mol. The van der Waals surface area contributed by atoms with E-state index in [9.17, 15) is 9.59 Å². The van der Waals surface area contributed by atoms with Gasteiger partial charge in [-0.3, -0.25) is 9.59 Å². The number of ketones is 1. The van der Waals surface area contributed by atoms with Gasteiger partial charge in [0.15, 0.2) is 0 Å². The first-order valence-corrected chi connectivity index (χ1v) is 5.51. The van der Waals surface area contributed by atoms with E-state index >= 15 is 0 Å². The van der Waals surface area contributed by atoms with Gasteiger partial charge in [-0.2, -0.15) is 0 Å². The van der Waals surface area contributed by atoms with Crippen molar-refractivity contribution in [3.8, 4) is 0 Å². The zero-order chi connectivity index (χ0) is 12.8. The number of nitrogens with one attached hydrogen (secondary N) is 1. The van der Waals surface area contributed by atoms with Crippen LogP contribution in [0.25, 0.3) is 0 Å². The molecule has 0 heterocycles. The van der Waals surface area contributed by atoms with E-state index in [0.717, 1.165) is 0 Å². The van der Waals surface area contributed by atoms with Gasteiger partial charge in [0, 0.05) is 24.8 Å². The van der Waals surface area contributed by atoms with E-state index in [1.807, 2.05) is 0 Å². The van der Waals surface area contributed by atoms with Crippen molar-refractivity contribution in [3.63, 3.8) is 0 Å². The van der Waals surface area contributed by atoms with Crippen molar-refractivity contribution >= 4 is 11.7 Å². The summed E-state index contributed by atoms with van der Waals surface area (Å²) in [5.41, 5.74) is 5.04.